The van der Waals surface area contributed by atoms with Gasteiger partial charge in [-0.25, -0.2) is 4.79 Å². The van der Waals surface area contributed by atoms with Crippen molar-refractivity contribution in [2.24, 2.45) is 0 Å². The predicted octanol–water partition coefficient (Wildman–Crippen LogP) is 0.0980. The molecule has 0 aliphatic carbocycles. The van der Waals surface area contributed by atoms with Crippen molar-refractivity contribution >= 4 is 5.97 Å². The van der Waals surface area contributed by atoms with Gasteiger partial charge < -0.3 is 9.84 Å². The van der Waals surface area contributed by atoms with Gasteiger partial charge in [0.05, 0.1) is 13.2 Å². The fourth-order valence-electron chi connectivity index (χ4n) is 0.339. The van der Waals surface area contributed by atoms with Gasteiger partial charge in [-0.15, -0.1) is 0 Å². The number of hydrogen-bond acceptors (Lipinski definition) is 3. The summed E-state index contributed by atoms with van der Waals surface area (Å²) in [5.74, 6) is -0.411. The van der Waals surface area contributed by atoms with E-state index in [1.54, 1.807) is 6.92 Å². The first-order chi connectivity index (χ1) is 4.31. The third-order valence-corrected chi connectivity index (χ3v) is 0.646. The van der Waals surface area contributed by atoms with Crippen molar-refractivity contribution in [2.75, 3.05) is 13.2 Å². The largest absolute Gasteiger partial charge is 0.463 e. The highest BCUT2D eigenvalue weighted by Crippen LogP contribution is 1.78. The Morgan fingerprint density at radius 2 is 2.44 bits per heavy atom. The highest BCUT2D eigenvalue weighted by atomic mass is 16.5. The molecule has 0 unspecified atom stereocenters. The van der Waals surface area contributed by atoms with Crippen LogP contribution in [0.3, 0.4) is 0 Å². The predicted molar refractivity (Wildman–Crippen MR) is 32.9 cm³/mol. The van der Waals surface area contributed by atoms with Crippen molar-refractivity contribution in [1.29, 1.82) is 0 Å². The Morgan fingerprint density at radius 3 is 2.89 bits per heavy atom. The van der Waals surface area contributed by atoms with Crippen LogP contribution >= 0.6 is 0 Å². The first-order valence-corrected chi connectivity index (χ1v) is 2.75. The molecule has 0 heterocycles. The minimum absolute atomic E-state index is 0.126. The zero-order valence-corrected chi connectivity index (χ0v) is 5.33. The normalized spacial score (nSPS) is 10.0. The first kappa shape index (κ1) is 8.17. The van der Waals surface area contributed by atoms with E-state index >= 15 is 0 Å². The summed E-state index contributed by atoms with van der Waals surface area (Å²) in [5, 5.41) is 8.19. The zero-order valence-electron chi connectivity index (χ0n) is 5.33. The number of carbonyl (C=O) groups is 1. The second-order valence-electron chi connectivity index (χ2n) is 1.34. The fraction of sp³-hybridized carbons (Fsp3) is 0.500. The van der Waals surface area contributed by atoms with Crippen molar-refractivity contribution in [2.45, 2.75) is 6.92 Å². The number of ether oxygens (including phenoxy) is 1. The monoisotopic (exact) mass is 130 g/mol. The van der Waals surface area contributed by atoms with Gasteiger partial charge in [-0.1, -0.05) is 6.08 Å². The average molecular weight is 130 g/mol. The fourth-order valence-corrected chi connectivity index (χ4v) is 0.339. The Morgan fingerprint density at radius 1 is 1.78 bits per heavy atom. The third-order valence-electron chi connectivity index (χ3n) is 0.646. The molecule has 52 valence electrons. The van der Waals surface area contributed by atoms with Crippen LogP contribution in [0.2, 0.25) is 0 Å². The van der Waals surface area contributed by atoms with E-state index in [9.17, 15) is 4.79 Å². The molecule has 0 radical (unpaired) electrons. The Kier molecular flexibility index (Phi) is 4.82. The summed E-state index contributed by atoms with van der Waals surface area (Å²) in [6.45, 7) is 1.97. The molecule has 1 N–H and O–H groups in total. The van der Waals surface area contributed by atoms with E-state index in [1.165, 1.54) is 12.2 Å². The molecule has 9 heavy (non-hydrogen) atoms. The molecule has 0 aromatic rings. The topological polar surface area (TPSA) is 46.5 Å². The minimum atomic E-state index is -0.411. The van der Waals surface area contributed by atoms with Gasteiger partial charge in [-0.2, -0.15) is 0 Å². The summed E-state index contributed by atoms with van der Waals surface area (Å²) in [4.78, 5) is 10.4. The van der Waals surface area contributed by atoms with Gasteiger partial charge in [0, 0.05) is 6.08 Å². The standard InChI is InChI=1S/C6H10O3/c1-2-9-6(8)4-3-5-7/h3-4,7H,2,5H2,1H3. The lowest BCUT2D eigenvalue weighted by Crippen LogP contribution is -1.98. The maximum atomic E-state index is 10.4. The first-order valence-electron chi connectivity index (χ1n) is 2.75. The molecule has 0 amide bonds. The maximum Gasteiger partial charge on any atom is 0.330 e. The van der Waals surface area contributed by atoms with E-state index in [0.717, 1.165) is 0 Å². The second-order valence-corrected chi connectivity index (χ2v) is 1.34. The lowest BCUT2D eigenvalue weighted by molar-refractivity contribution is -0.137. The van der Waals surface area contributed by atoms with E-state index in [2.05, 4.69) is 4.74 Å². The molecule has 0 saturated carbocycles. The quantitative estimate of drug-likeness (QED) is 0.435. The van der Waals surface area contributed by atoms with Crippen LogP contribution in [0, 0.1) is 0 Å². The van der Waals surface area contributed by atoms with E-state index in [1.807, 2.05) is 0 Å². The summed E-state index contributed by atoms with van der Waals surface area (Å²) in [5.41, 5.74) is 0. The van der Waals surface area contributed by atoms with Crippen molar-refractivity contribution in [3.05, 3.63) is 12.2 Å². The summed E-state index contributed by atoms with van der Waals surface area (Å²) >= 11 is 0. The Balaban J connectivity index is 3.37. The van der Waals surface area contributed by atoms with E-state index in [0.29, 0.717) is 6.61 Å². The number of esters is 1. The number of rotatable bonds is 3. The molecule has 0 aliphatic rings. The zero-order chi connectivity index (χ0) is 7.11. The smallest absolute Gasteiger partial charge is 0.330 e. The van der Waals surface area contributed by atoms with Gasteiger partial charge >= 0.3 is 5.97 Å². The van der Waals surface area contributed by atoms with Gasteiger partial charge in [0.15, 0.2) is 0 Å². The molecule has 0 rings (SSSR count). The van der Waals surface area contributed by atoms with Crippen molar-refractivity contribution < 1.29 is 14.6 Å². The lowest BCUT2D eigenvalue weighted by Gasteiger charge is -1.92. The summed E-state index contributed by atoms with van der Waals surface area (Å²) in [7, 11) is 0. The van der Waals surface area contributed by atoms with E-state index < -0.39 is 5.97 Å². The number of hydrogen-bond donors (Lipinski definition) is 1. The van der Waals surface area contributed by atoms with Gasteiger partial charge in [0.2, 0.25) is 0 Å². The van der Waals surface area contributed by atoms with Crippen LogP contribution < -0.4 is 0 Å². The molecule has 0 saturated heterocycles. The third kappa shape index (κ3) is 5.03. The molecule has 0 aromatic carbocycles. The molecule has 3 nitrogen and oxygen atoms in total. The molecule has 3 heteroatoms. The molecule has 0 fully saturated rings. The highest BCUT2D eigenvalue weighted by Gasteiger charge is 1.89. The van der Waals surface area contributed by atoms with Gasteiger partial charge in [-0.3, -0.25) is 0 Å². The van der Waals surface area contributed by atoms with Gasteiger partial charge in [-0.05, 0) is 6.92 Å². The Labute approximate surface area is 53.9 Å². The van der Waals surface area contributed by atoms with Gasteiger partial charge in [0.1, 0.15) is 0 Å². The van der Waals surface area contributed by atoms with Crippen molar-refractivity contribution in [3.63, 3.8) is 0 Å². The average Bonchev–Trinajstić information content (AvgIpc) is 1.85. The number of aliphatic hydroxyl groups is 1. The van der Waals surface area contributed by atoms with Crippen LogP contribution in [0.1, 0.15) is 6.92 Å². The van der Waals surface area contributed by atoms with Crippen molar-refractivity contribution in [3.8, 4) is 0 Å². The summed E-state index contributed by atoms with van der Waals surface area (Å²) in [6, 6.07) is 0. The van der Waals surface area contributed by atoms with E-state index in [4.69, 9.17) is 5.11 Å². The minimum Gasteiger partial charge on any atom is -0.463 e. The molecule has 0 spiro atoms. The summed E-state index contributed by atoms with van der Waals surface area (Å²) in [6.07, 6.45) is 2.53. The molecule has 0 aliphatic heterocycles. The van der Waals surface area contributed by atoms with Crippen LogP contribution in [0.5, 0.6) is 0 Å². The Hall–Kier alpha value is -0.830. The van der Waals surface area contributed by atoms with Crippen molar-refractivity contribution in [1.82, 2.24) is 0 Å². The van der Waals surface area contributed by atoms with Crippen LogP contribution in [-0.2, 0) is 9.53 Å². The Bertz CT molecular complexity index is 107. The SMILES string of the molecule is CCOC(=O)C=CCO. The molecule has 0 atom stereocenters. The van der Waals surface area contributed by atoms with Gasteiger partial charge in [0.25, 0.3) is 0 Å². The van der Waals surface area contributed by atoms with E-state index in [-0.39, 0.29) is 6.61 Å². The van der Waals surface area contributed by atoms with Crippen LogP contribution in [-0.4, -0.2) is 24.3 Å². The summed E-state index contributed by atoms with van der Waals surface area (Å²) < 4.78 is 4.51. The number of carbonyl (C=O) groups excluding carboxylic acids is 1. The number of aliphatic hydroxyl groups excluding tert-OH is 1. The van der Waals surface area contributed by atoms with Crippen LogP contribution in [0.25, 0.3) is 0 Å². The molecule has 0 bridgehead atoms. The molecular formula is C6H10O3. The van der Waals surface area contributed by atoms with Crippen LogP contribution in [0.4, 0.5) is 0 Å². The highest BCUT2D eigenvalue weighted by molar-refractivity contribution is 5.81. The van der Waals surface area contributed by atoms with Crippen LogP contribution in [0.15, 0.2) is 12.2 Å². The lowest BCUT2D eigenvalue weighted by atomic mass is 10.5. The second kappa shape index (κ2) is 5.31. The molecular weight excluding hydrogens is 120 g/mol. The molecule has 0 aromatic heterocycles. The maximum absolute atomic E-state index is 10.4.